The minimum atomic E-state index is -3.46. The molecule has 7 heteroatoms. The second kappa shape index (κ2) is 5.60. The van der Waals surface area contributed by atoms with Gasteiger partial charge in [0, 0.05) is 10.9 Å². The summed E-state index contributed by atoms with van der Waals surface area (Å²) in [5, 5.41) is 8.90. The first-order valence-electron chi connectivity index (χ1n) is 6.20. The number of aryl methyl sites for hydroxylation is 1. The number of sulfonamides is 1. The summed E-state index contributed by atoms with van der Waals surface area (Å²) >= 11 is 1.24. The third-order valence-electron chi connectivity index (χ3n) is 3.38. The van der Waals surface area contributed by atoms with Crippen LogP contribution in [-0.4, -0.2) is 25.5 Å². The number of thiophene rings is 1. The lowest BCUT2D eigenvalue weighted by Crippen LogP contribution is -2.38. The Labute approximate surface area is 116 Å². The molecule has 0 atom stereocenters. The van der Waals surface area contributed by atoms with Gasteiger partial charge in [-0.05, 0) is 44.7 Å². The molecule has 19 heavy (non-hydrogen) atoms. The number of aliphatic carboxylic acids is 1. The molecule has 0 spiro atoms. The number of nitrogens with one attached hydrogen (secondary N) is 1. The quantitative estimate of drug-likeness (QED) is 0.891. The van der Waals surface area contributed by atoms with Gasteiger partial charge in [0.15, 0.2) is 0 Å². The largest absolute Gasteiger partial charge is 0.481 e. The van der Waals surface area contributed by atoms with Crippen LogP contribution < -0.4 is 4.72 Å². The molecule has 0 aromatic carbocycles. The first-order chi connectivity index (χ1) is 8.88. The molecule has 5 nitrogen and oxygen atoms in total. The van der Waals surface area contributed by atoms with Crippen LogP contribution >= 0.6 is 11.3 Å². The number of rotatable bonds is 4. The lowest BCUT2D eigenvalue weighted by atomic mass is 9.87. The highest BCUT2D eigenvalue weighted by Gasteiger charge is 2.29. The molecule has 0 bridgehead atoms. The number of carboxylic acids is 1. The van der Waals surface area contributed by atoms with Crippen LogP contribution in [0.25, 0.3) is 0 Å². The van der Waals surface area contributed by atoms with Crippen molar-refractivity contribution in [1.82, 2.24) is 4.72 Å². The molecule has 1 aromatic rings. The first kappa shape index (κ1) is 14.5. The number of hydrogen-bond acceptors (Lipinski definition) is 4. The Morgan fingerprint density at radius 3 is 2.42 bits per heavy atom. The molecule has 106 valence electrons. The van der Waals surface area contributed by atoms with Gasteiger partial charge in [0.25, 0.3) is 0 Å². The van der Waals surface area contributed by atoms with E-state index < -0.39 is 16.0 Å². The Balaban J connectivity index is 1.97. The number of carbonyl (C=O) groups is 1. The molecule has 0 unspecified atom stereocenters. The highest BCUT2D eigenvalue weighted by molar-refractivity contribution is 7.91. The van der Waals surface area contributed by atoms with Crippen molar-refractivity contribution in [1.29, 1.82) is 0 Å². The van der Waals surface area contributed by atoms with Crippen LogP contribution in [0.1, 0.15) is 30.6 Å². The van der Waals surface area contributed by atoms with Crippen LogP contribution in [0.15, 0.2) is 16.3 Å². The minimum Gasteiger partial charge on any atom is -0.481 e. The fraction of sp³-hybridized carbons (Fsp3) is 0.583. The molecule has 2 rings (SSSR count). The normalized spacial score (nSPS) is 24.3. The molecule has 0 radical (unpaired) electrons. The van der Waals surface area contributed by atoms with Crippen molar-refractivity contribution in [2.75, 3.05) is 0 Å². The lowest BCUT2D eigenvalue weighted by Gasteiger charge is -2.26. The fourth-order valence-corrected chi connectivity index (χ4v) is 4.90. The van der Waals surface area contributed by atoms with Crippen molar-refractivity contribution in [2.24, 2.45) is 5.92 Å². The summed E-state index contributed by atoms with van der Waals surface area (Å²) in [6.07, 6.45) is 2.24. The fourth-order valence-electron chi connectivity index (χ4n) is 2.29. The lowest BCUT2D eigenvalue weighted by molar-refractivity contribution is -0.142. The number of hydrogen-bond donors (Lipinski definition) is 2. The zero-order chi connectivity index (χ0) is 14.0. The molecule has 0 amide bonds. The van der Waals surface area contributed by atoms with Gasteiger partial charge in [-0.1, -0.05) is 0 Å². The van der Waals surface area contributed by atoms with Crippen molar-refractivity contribution in [2.45, 2.75) is 42.9 Å². The standard InChI is InChI=1S/C12H17NO4S2/c1-8-2-7-11(18-8)19(16,17)13-10-5-3-9(4-6-10)12(14)15/h2,7,9-10,13H,3-6H2,1H3,(H,14,15). The topological polar surface area (TPSA) is 83.5 Å². The Morgan fingerprint density at radius 1 is 1.32 bits per heavy atom. The van der Waals surface area contributed by atoms with Gasteiger partial charge in [0.05, 0.1) is 5.92 Å². The van der Waals surface area contributed by atoms with Crippen LogP contribution in [-0.2, 0) is 14.8 Å². The summed E-state index contributed by atoms with van der Waals surface area (Å²) < 4.78 is 27.2. The highest BCUT2D eigenvalue weighted by atomic mass is 32.2. The van der Waals surface area contributed by atoms with Crippen molar-refractivity contribution in [3.05, 3.63) is 17.0 Å². The summed E-state index contributed by atoms with van der Waals surface area (Å²) in [4.78, 5) is 11.8. The third kappa shape index (κ3) is 3.55. The van der Waals surface area contributed by atoms with E-state index in [4.69, 9.17) is 5.11 Å². The van der Waals surface area contributed by atoms with Crippen LogP contribution in [0, 0.1) is 12.8 Å². The van der Waals surface area contributed by atoms with Crippen LogP contribution in [0.2, 0.25) is 0 Å². The van der Waals surface area contributed by atoms with E-state index in [1.54, 1.807) is 12.1 Å². The van der Waals surface area contributed by atoms with Crippen LogP contribution in [0.3, 0.4) is 0 Å². The van der Waals surface area contributed by atoms with E-state index >= 15 is 0 Å². The van der Waals surface area contributed by atoms with Crippen molar-refractivity contribution >= 4 is 27.3 Å². The van der Waals surface area contributed by atoms with E-state index in [-0.39, 0.29) is 12.0 Å². The molecule has 1 fully saturated rings. The van der Waals surface area contributed by atoms with Crippen molar-refractivity contribution in [3.63, 3.8) is 0 Å². The van der Waals surface area contributed by atoms with E-state index in [2.05, 4.69) is 4.72 Å². The van der Waals surface area contributed by atoms with E-state index in [1.165, 1.54) is 11.3 Å². The van der Waals surface area contributed by atoms with Crippen LogP contribution in [0.5, 0.6) is 0 Å². The molecular formula is C12H17NO4S2. The van der Waals surface area contributed by atoms with E-state index in [1.807, 2.05) is 6.92 Å². The maximum absolute atomic E-state index is 12.1. The van der Waals surface area contributed by atoms with Gasteiger partial charge in [0.1, 0.15) is 4.21 Å². The minimum absolute atomic E-state index is 0.150. The zero-order valence-corrected chi connectivity index (χ0v) is 12.3. The van der Waals surface area contributed by atoms with Gasteiger partial charge in [-0.3, -0.25) is 4.79 Å². The average molecular weight is 303 g/mol. The molecule has 1 heterocycles. The van der Waals surface area contributed by atoms with Crippen LogP contribution in [0.4, 0.5) is 0 Å². The average Bonchev–Trinajstić information content (AvgIpc) is 2.77. The van der Waals surface area contributed by atoms with Gasteiger partial charge >= 0.3 is 5.97 Å². The summed E-state index contributed by atoms with van der Waals surface area (Å²) in [6, 6.07) is 3.23. The first-order valence-corrected chi connectivity index (χ1v) is 8.50. The molecule has 1 aliphatic rings. The molecule has 1 aromatic heterocycles. The highest BCUT2D eigenvalue weighted by Crippen LogP contribution is 2.27. The Hall–Kier alpha value is -0.920. The summed E-state index contributed by atoms with van der Waals surface area (Å²) in [5.41, 5.74) is 0. The van der Waals surface area contributed by atoms with Gasteiger partial charge in [-0.25, -0.2) is 13.1 Å². The van der Waals surface area contributed by atoms with E-state index in [9.17, 15) is 13.2 Å². The monoisotopic (exact) mass is 303 g/mol. The van der Waals surface area contributed by atoms with Crippen molar-refractivity contribution in [3.8, 4) is 0 Å². The Kier molecular flexibility index (Phi) is 4.27. The molecule has 1 saturated carbocycles. The Bertz CT molecular complexity index is 556. The molecule has 0 saturated heterocycles. The van der Waals surface area contributed by atoms with Gasteiger partial charge < -0.3 is 5.11 Å². The Morgan fingerprint density at radius 2 is 1.95 bits per heavy atom. The molecule has 0 aliphatic heterocycles. The van der Waals surface area contributed by atoms with E-state index in [0.29, 0.717) is 29.9 Å². The maximum atomic E-state index is 12.1. The molecular weight excluding hydrogens is 286 g/mol. The zero-order valence-electron chi connectivity index (χ0n) is 10.6. The smallest absolute Gasteiger partial charge is 0.306 e. The van der Waals surface area contributed by atoms with E-state index in [0.717, 1.165) is 4.88 Å². The SMILES string of the molecule is Cc1ccc(S(=O)(=O)NC2CCC(C(=O)O)CC2)s1. The second-order valence-corrected chi connectivity index (χ2v) is 8.10. The predicted octanol–water partition coefficient (Wildman–Crippen LogP) is 1.98. The second-order valence-electron chi connectivity index (χ2n) is 4.87. The van der Waals surface area contributed by atoms with Gasteiger partial charge in [0.2, 0.25) is 10.0 Å². The number of carboxylic acid groups (broad SMARTS) is 1. The summed E-state index contributed by atoms with van der Waals surface area (Å²) in [7, 11) is -3.46. The molecule has 1 aliphatic carbocycles. The third-order valence-corrected chi connectivity index (χ3v) is 6.39. The summed E-state index contributed by atoms with van der Waals surface area (Å²) in [5.74, 6) is -1.11. The molecule has 2 N–H and O–H groups in total. The maximum Gasteiger partial charge on any atom is 0.306 e. The van der Waals surface area contributed by atoms with Crippen molar-refractivity contribution < 1.29 is 18.3 Å². The predicted molar refractivity (Wildman–Crippen MR) is 72.8 cm³/mol. The van der Waals surface area contributed by atoms with Gasteiger partial charge in [-0.15, -0.1) is 11.3 Å². The summed E-state index contributed by atoms with van der Waals surface area (Å²) in [6.45, 7) is 1.86. The van der Waals surface area contributed by atoms with Gasteiger partial charge in [-0.2, -0.15) is 0 Å².